The van der Waals surface area contributed by atoms with Gasteiger partial charge in [0.15, 0.2) is 4.96 Å². The van der Waals surface area contributed by atoms with Crippen molar-refractivity contribution in [2.24, 2.45) is 0 Å². The molecule has 0 fully saturated rings. The second kappa shape index (κ2) is 5.87. The Morgan fingerprint density at radius 3 is 3.10 bits per heavy atom. The minimum absolute atomic E-state index is 0.227. The Hall–Kier alpha value is -1.85. The van der Waals surface area contributed by atoms with E-state index in [-0.39, 0.29) is 12.4 Å². The molecule has 2 heterocycles. The number of esters is 1. The summed E-state index contributed by atoms with van der Waals surface area (Å²) in [6.45, 7) is 2.19. The molecule has 0 saturated carbocycles. The van der Waals surface area contributed by atoms with Gasteiger partial charge in [0.25, 0.3) is 0 Å². The molecule has 3 aromatic rings. The van der Waals surface area contributed by atoms with Gasteiger partial charge in [-0.3, -0.25) is 9.20 Å². The van der Waals surface area contributed by atoms with Crippen LogP contribution >= 0.6 is 22.9 Å². The van der Waals surface area contributed by atoms with E-state index in [1.165, 1.54) is 11.3 Å². The summed E-state index contributed by atoms with van der Waals surface area (Å²) in [5.41, 5.74) is 2.68. The largest absolute Gasteiger partial charge is 0.466 e. The van der Waals surface area contributed by atoms with Crippen LogP contribution in [0.15, 0.2) is 35.8 Å². The predicted molar refractivity (Wildman–Crippen MR) is 83.9 cm³/mol. The van der Waals surface area contributed by atoms with Gasteiger partial charge in [-0.1, -0.05) is 23.7 Å². The summed E-state index contributed by atoms with van der Waals surface area (Å²) in [6, 6.07) is 7.56. The average molecular weight is 321 g/mol. The first-order chi connectivity index (χ1) is 10.2. The van der Waals surface area contributed by atoms with E-state index in [0.29, 0.717) is 11.6 Å². The van der Waals surface area contributed by atoms with Gasteiger partial charge in [0.2, 0.25) is 0 Å². The molecule has 0 spiro atoms. The van der Waals surface area contributed by atoms with Crippen LogP contribution in [-0.4, -0.2) is 22.0 Å². The van der Waals surface area contributed by atoms with Crippen molar-refractivity contribution in [3.05, 3.63) is 46.6 Å². The molecular formula is C15H13ClN2O2S. The lowest BCUT2D eigenvalue weighted by Crippen LogP contribution is -2.08. The fourth-order valence-corrected chi connectivity index (χ4v) is 3.17. The van der Waals surface area contributed by atoms with E-state index in [1.807, 2.05) is 40.2 Å². The molecule has 6 heteroatoms. The van der Waals surface area contributed by atoms with Crippen molar-refractivity contribution < 1.29 is 9.53 Å². The summed E-state index contributed by atoms with van der Waals surface area (Å²) in [6.07, 6.45) is 2.17. The second-order valence-corrected chi connectivity index (χ2v) is 5.77. The van der Waals surface area contributed by atoms with Gasteiger partial charge in [0.1, 0.15) is 0 Å². The summed E-state index contributed by atoms with van der Waals surface area (Å²) in [5.74, 6) is -0.227. The highest BCUT2D eigenvalue weighted by Gasteiger charge is 2.13. The normalized spacial score (nSPS) is 11.0. The molecule has 0 aliphatic heterocycles. The molecule has 0 aliphatic rings. The SMILES string of the molecule is CCOC(=O)Cc1csc2nc(-c3cccc(Cl)c3)cn12. The zero-order valence-corrected chi connectivity index (χ0v) is 12.9. The molecule has 0 N–H and O–H groups in total. The van der Waals surface area contributed by atoms with Crippen LogP contribution in [0.25, 0.3) is 16.2 Å². The smallest absolute Gasteiger partial charge is 0.311 e. The number of aromatic nitrogens is 2. The van der Waals surface area contributed by atoms with E-state index in [1.54, 1.807) is 6.92 Å². The Labute approximate surface area is 131 Å². The predicted octanol–water partition coefficient (Wildman–Crippen LogP) is 3.82. The lowest BCUT2D eigenvalue weighted by Gasteiger charge is -2.00. The lowest BCUT2D eigenvalue weighted by atomic mass is 10.2. The zero-order valence-electron chi connectivity index (χ0n) is 11.4. The molecule has 1 aromatic carbocycles. The number of halogens is 1. The maximum atomic E-state index is 11.6. The van der Waals surface area contributed by atoms with Crippen LogP contribution in [0.3, 0.4) is 0 Å². The number of imidazole rings is 1. The number of fused-ring (bicyclic) bond motifs is 1. The summed E-state index contributed by atoms with van der Waals surface area (Å²) >= 11 is 7.51. The van der Waals surface area contributed by atoms with Gasteiger partial charge in [-0.05, 0) is 19.1 Å². The number of carbonyl (C=O) groups excluding carboxylic acids is 1. The average Bonchev–Trinajstić information content (AvgIpc) is 3.01. The Morgan fingerprint density at radius 2 is 2.33 bits per heavy atom. The van der Waals surface area contributed by atoms with Gasteiger partial charge >= 0.3 is 5.97 Å². The van der Waals surface area contributed by atoms with E-state index in [0.717, 1.165) is 21.9 Å². The third kappa shape index (κ3) is 2.94. The third-order valence-electron chi connectivity index (χ3n) is 3.03. The number of carbonyl (C=O) groups is 1. The molecule has 2 aromatic heterocycles. The second-order valence-electron chi connectivity index (χ2n) is 4.50. The van der Waals surface area contributed by atoms with Crippen molar-refractivity contribution in [2.45, 2.75) is 13.3 Å². The van der Waals surface area contributed by atoms with E-state index in [4.69, 9.17) is 16.3 Å². The van der Waals surface area contributed by atoms with Gasteiger partial charge in [-0.25, -0.2) is 4.98 Å². The molecule has 4 nitrogen and oxygen atoms in total. The fourth-order valence-electron chi connectivity index (χ4n) is 2.10. The molecule has 0 radical (unpaired) electrons. The van der Waals surface area contributed by atoms with Crippen molar-refractivity contribution >= 4 is 33.9 Å². The maximum absolute atomic E-state index is 11.6. The first-order valence-electron chi connectivity index (χ1n) is 6.54. The summed E-state index contributed by atoms with van der Waals surface area (Å²) in [7, 11) is 0. The molecule has 21 heavy (non-hydrogen) atoms. The summed E-state index contributed by atoms with van der Waals surface area (Å²) < 4.78 is 6.91. The van der Waals surface area contributed by atoms with Crippen molar-refractivity contribution in [1.82, 2.24) is 9.38 Å². The molecular weight excluding hydrogens is 308 g/mol. The monoisotopic (exact) mass is 320 g/mol. The number of ether oxygens (including phenoxy) is 1. The Bertz CT molecular complexity index is 794. The van der Waals surface area contributed by atoms with Crippen LogP contribution in [0.2, 0.25) is 5.02 Å². The number of hydrogen-bond acceptors (Lipinski definition) is 4. The summed E-state index contributed by atoms with van der Waals surface area (Å²) in [5, 5.41) is 2.61. The van der Waals surface area contributed by atoms with E-state index >= 15 is 0 Å². The Balaban J connectivity index is 1.94. The number of benzene rings is 1. The number of nitrogens with zero attached hydrogens (tertiary/aromatic N) is 2. The van der Waals surface area contributed by atoms with Gasteiger partial charge in [0.05, 0.1) is 18.7 Å². The third-order valence-corrected chi connectivity index (χ3v) is 4.16. The zero-order chi connectivity index (χ0) is 14.8. The van der Waals surface area contributed by atoms with E-state index in [2.05, 4.69) is 4.98 Å². The Kier molecular flexibility index (Phi) is 3.94. The molecule has 0 bridgehead atoms. The topological polar surface area (TPSA) is 43.6 Å². The fraction of sp³-hybridized carbons (Fsp3) is 0.200. The van der Waals surface area contributed by atoms with E-state index < -0.39 is 0 Å². The molecule has 0 amide bonds. The molecule has 108 valence electrons. The van der Waals surface area contributed by atoms with Crippen LogP contribution in [0.5, 0.6) is 0 Å². The molecule has 0 unspecified atom stereocenters. The van der Waals surface area contributed by atoms with Crippen LogP contribution in [0.4, 0.5) is 0 Å². The van der Waals surface area contributed by atoms with E-state index in [9.17, 15) is 4.79 Å². The number of rotatable bonds is 4. The van der Waals surface area contributed by atoms with Crippen molar-refractivity contribution in [3.63, 3.8) is 0 Å². The van der Waals surface area contributed by atoms with Crippen molar-refractivity contribution in [3.8, 4) is 11.3 Å². The molecule has 0 saturated heterocycles. The number of hydrogen-bond donors (Lipinski definition) is 0. The van der Waals surface area contributed by atoms with Gasteiger partial charge in [0, 0.05) is 27.9 Å². The van der Waals surface area contributed by atoms with Gasteiger partial charge in [-0.2, -0.15) is 0 Å². The summed E-state index contributed by atoms with van der Waals surface area (Å²) in [4.78, 5) is 17.0. The highest BCUT2D eigenvalue weighted by molar-refractivity contribution is 7.15. The van der Waals surface area contributed by atoms with Crippen molar-refractivity contribution in [2.75, 3.05) is 6.61 Å². The maximum Gasteiger partial charge on any atom is 0.311 e. The minimum atomic E-state index is -0.227. The number of thiazole rings is 1. The Morgan fingerprint density at radius 1 is 1.48 bits per heavy atom. The van der Waals surface area contributed by atoms with Crippen LogP contribution < -0.4 is 0 Å². The molecule has 3 rings (SSSR count). The highest BCUT2D eigenvalue weighted by Crippen LogP contribution is 2.25. The van der Waals surface area contributed by atoms with Crippen molar-refractivity contribution in [1.29, 1.82) is 0 Å². The van der Waals surface area contributed by atoms with Crippen LogP contribution in [-0.2, 0) is 16.0 Å². The van der Waals surface area contributed by atoms with Gasteiger partial charge in [-0.15, -0.1) is 11.3 Å². The lowest BCUT2D eigenvalue weighted by molar-refractivity contribution is -0.142. The molecule has 0 atom stereocenters. The highest BCUT2D eigenvalue weighted by atomic mass is 35.5. The van der Waals surface area contributed by atoms with Gasteiger partial charge < -0.3 is 4.74 Å². The standard InChI is InChI=1S/C15H13ClN2O2S/c1-2-20-14(19)7-12-9-21-15-17-13(8-18(12)15)10-4-3-5-11(16)6-10/h3-6,8-9H,2,7H2,1H3. The first-order valence-corrected chi connectivity index (χ1v) is 7.80. The molecule has 0 aliphatic carbocycles. The van der Waals surface area contributed by atoms with Crippen LogP contribution in [0, 0.1) is 0 Å². The minimum Gasteiger partial charge on any atom is -0.466 e. The van der Waals surface area contributed by atoms with Crippen LogP contribution in [0.1, 0.15) is 12.6 Å². The first kappa shape index (κ1) is 14.1. The quantitative estimate of drug-likeness (QED) is 0.686.